The molecule has 62 valence electrons. The Morgan fingerprint density at radius 1 is 1.64 bits per heavy atom. The summed E-state index contributed by atoms with van der Waals surface area (Å²) < 4.78 is 0. The largest absolute Gasteiger partial charge is 0.303 e. The maximum Gasteiger partial charge on any atom is 0.124 e. The normalized spacial score (nSPS) is 24.5. The Balaban J connectivity index is 2.32. The molecule has 0 N–H and O–H groups in total. The maximum atomic E-state index is 10.2. The van der Waals surface area contributed by atoms with E-state index in [0.29, 0.717) is 11.7 Å². The first-order valence-electron chi connectivity index (χ1n) is 4.07. The van der Waals surface area contributed by atoms with Gasteiger partial charge in [0, 0.05) is 11.7 Å². The monoisotopic (exact) mass is 170 g/mol. The molecular weight excluding hydrogens is 156 g/mol. The van der Waals surface area contributed by atoms with Crippen LogP contribution in [0.4, 0.5) is 0 Å². The van der Waals surface area contributed by atoms with Gasteiger partial charge in [-0.3, -0.25) is 0 Å². The van der Waals surface area contributed by atoms with Gasteiger partial charge in [0.05, 0.1) is 0 Å². The molecule has 2 heteroatoms. The lowest BCUT2D eigenvalue weighted by atomic mass is 10.1. The van der Waals surface area contributed by atoms with Crippen LogP contribution >= 0.6 is 11.8 Å². The molecule has 1 atom stereocenters. The van der Waals surface area contributed by atoms with Crippen molar-refractivity contribution in [3.63, 3.8) is 0 Å². The van der Waals surface area contributed by atoms with Crippen LogP contribution in [-0.4, -0.2) is 17.3 Å². The first-order valence-corrected chi connectivity index (χ1v) is 5.12. The molecule has 1 unspecified atom stereocenters. The molecule has 1 aliphatic heterocycles. The molecule has 0 saturated carbocycles. The third-order valence-corrected chi connectivity index (χ3v) is 3.48. The molecular formula is C9H14OS. The number of carbonyl (C=O) groups excluding carboxylic acids is 1. The molecule has 1 saturated heterocycles. The minimum atomic E-state index is 0.553. The van der Waals surface area contributed by atoms with Gasteiger partial charge >= 0.3 is 0 Å². The zero-order valence-corrected chi connectivity index (χ0v) is 7.53. The van der Waals surface area contributed by atoms with Crippen LogP contribution in [0.3, 0.4) is 0 Å². The van der Waals surface area contributed by atoms with Crippen LogP contribution in [-0.2, 0) is 4.79 Å². The third kappa shape index (κ3) is 2.70. The number of thioether (sulfide) groups is 1. The van der Waals surface area contributed by atoms with Crippen LogP contribution in [0, 0.1) is 0 Å². The Morgan fingerprint density at radius 3 is 3.00 bits per heavy atom. The highest BCUT2D eigenvalue weighted by atomic mass is 32.2. The molecule has 0 bridgehead atoms. The van der Waals surface area contributed by atoms with E-state index in [2.05, 4.69) is 6.58 Å². The summed E-state index contributed by atoms with van der Waals surface area (Å²) in [5.74, 6) is 1.24. The number of rotatable bonds is 3. The fourth-order valence-electron chi connectivity index (χ4n) is 1.30. The highest BCUT2D eigenvalue weighted by Crippen LogP contribution is 2.30. The number of hydrogen-bond acceptors (Lipinski definition) is 2. The average molecular weight is 170 g/mol. The highest BCUT2D eigenvalue weighted by Gasteiger charge is 2.15. The van der Waals surface area contributed by atoms with E-state index >= 15 is 0 Å². The van der Waals surface area contributed by atoms with Gasteiger partial charge in [0.1, 0.15) is 6.29 Å². The quantitative estimate of drug-likeness (QED) is 0.478. The number of hydrogen-bond donors (Lipinski definition) is 0. The van der Waals surface area contributed by atoms with Crippen molar-refractivity contribution in [3.05, 3.63) is 12.2 Å². The molecule has 0 aromatic heterocycles. The van der Waals surface area contributed by atoms with E-state index in [0.717, 1.165) is 11.9 Å². The summed E-state index contributed by atoms with van der Waals surface area (Å²) in [5.41, 5.74) is 1.12. The second-order valence-electron chi connectivity index (χ2n) is 2.88. The van der Waals surface area contributed by atoms with Crippen molar-refractivity contribution in [1.29, 1.82) is 0 Å². The SMILES string of the molecule is C=C(CC=O)C1CCCCS1. The van der Waals surface area contributed by atoms with Crippen molar-refractivity contribution in [2.75, 3.05) is 5.75 Å². The summed E-state index contributed by atoms with van der Waals surface area (Å²) >= 11 is 1.95. The molecule has 0 aliphatic carbocycles. The van der Waals surface area contributed by atoms with Gasteiger partial charge in [0.2, 0.25) is 0 Å². The van der Waals surface area contributed by atoms with Gasteiger partial charge in [-0.15, -0.1) is 0 Å². The van der Waals surface area contributed by atoms with Gasteiger partial charge < -0.3 is 4.79 Å². The second kappa shape index (κ2) is 4.60. The van der Waals surface area contributed by atoms with Crippen molar-refractivity contribution < 1.29 is 4.79 Å². The van der Waals surface area contributed by atoms with Crippen LogP contribution < -0.4 is 0 Å². The highest BCUT2D eigenvalue weighted by molar-refractivity contribution is 8.00. The first-order chi connectivity index (χ1) is 5.34. The Hall–Kier alpha value is -0.240. The van der Waals surface area contributed by atoms with Gasteiger partial charge in [-0.25, -0.2) is 0 Å². The van der Waals surface area contributed by atoms with Crippen molar-refractivity contribution in [3.8, 4) is 0 Å². The lowest BCUT2D eigenvalue weighted by Crippen LogP contribution is -2.11. The third-order valence-electron chi connectivity index (χ3n) is 1.98. The number of carbonyl (C=O) groups is 1. The number of aldehydes is 1. The van der Waals surface area contributed by atoms with Crippen LogP contribution in [0.15, 0.2) is 12.2 Å². The molecule has 0 aromatic carbocycles. The molecule has 0 spiro atoms. The van der Waals surface area contributed by atoms with Crippen molar-refractivity contribution in [2.45, 2.75) is 30.9 Å². The lowest BCUT2D eigenvalue weighted by Gasteiger charge is -2.22. The second-order valence-corrected chi connectivity index (χ2v) is 4.19. The molecule has 0 aromatic rings. The molecule has 1 heterocycles. The zero-order valence-electron chi connectivity index (χ0n) is 6.71. The molecule has 1 fully saturated rings. The van der Waals surface area contributed by atoms with Crippen LogP contribution in [0.1, 0.15) is 25.7 Å². The van der Waals surface area contributed by atoms with E-state index in [1.807, 2.05) is 11.8 Å². The summed E-state index contributed by atoms with van der Waals surface area (Å²) in [6.45, 7) is 3.92. The minimum Gasteiger partial charge on any atom is -0.303 e. The predicted octanol–water partition coefficient (Wildman–Crippen LogP) is 2.42. The summed E-state index contributed by atoms with van der Waals surface area (Å²) in [6.07, 6.45) is 5.36. The summed E-state index contributed by atoms with van der Waals surface area (Å²) in [6, 6.07) is 0. The van der Waals surface area contributed by atoms with E-state index in [4.69, 9.17) is 0 Å². The van der Waals surface area contributed by atoms with Gasteiger partial charge in [0.25, 0.3) is 0 Å². The van der Waals surface area contributed by atoms with E-state index in [1.165, 1.54) is 25.0 Å². The van der Waals surface area contributed by atoms with Crippen LogP contribution in [0.5, 0.6) is 0 Å². The molecule has 1 aliphatic rings. The van der Waals surface area contributed by atoms with E-state index in [9.17, 15) is 4.79 Å². The summed E-state index contributed by atoms with van der Waals surface area (Å²) in [4.78, 5) is 10.2. The van der Waals surface area contributed by atoms with E-state index in [-0.39, 0.29) is 0 Å². The predicted molar refractivity (Wildman–Crippen MR) is 49.9 cm³/mol. The fourth-order valence-corrected chi connectivity index (χ4v) is 2.62. The molecule has 1 nitrogen and oxygen atoms in total. The Labute approximate surface area is 72.2 Å². The fraction of sp³-hybridized carbons (Fsp3) is 0.667. The lowest BCUT2D eigenvalue weighted by molar-refractivity contribution is -0.107. The first kappa shape index (κ1) is 8.85. The van der Waals surface area contributed by atoms with Crippen molar-refractivity contribution in [2.24, 2.45) is 0 Å². The van der Waals surface area contributed by atoms with Gasteiger partial charge in [-0.05, 0) is 18.6 Å². The summed E-state index contributed by atoms with van der Waals surface area (Å²) in [7, 11) is 0. The Bertz CT molecular complexity index is 148. The Kier molecular flexibility index (Phi) is 3.70. The van der Waals surface area contributed by atoms with Crippen molar-refractivity contribution >= 4 is 18.0 Å². The maximum absolute atomic E-state index is 10.2. The van der Waals surface area contributed by atoms with E-state index < -0.39 is 0 Å². The van der Waals surface area contributed by atoms with E-state index in [1.54, 1.807) is 0 Å². The smallest absolute Gasteiger partial charge is 0.124 e. The van der Waals surface area contributed by atoms with Gasteiger partial charge in [-0.2, -0.15) is 11.8 Å². The molecule has 0 amide bonds. The minimum absolute atomic E-state index is 0.553. The summed E-state index contributed by atoms with van der Waals surface area (Å²) in [5, 5.41) is 0.564. The van der Waals surface area contributed by atoms with Crippen LogP contribution in [0.2, 0.25) is 0 Å². The van der Waals surface area contributed by atoms with Gasteiger partial charge in [-0.1, -0.05) is 18.6 Å². The molecule has 1 rings (SSSR count). The van der Waals surface area contributed by atoms with Gasteiger partial charge in [0.15, 0.2) is 0 Å². The molecule has 0 radical (unpaired) electrons. The Morgan fingerprint density at radius 2 is 2.45 bits per heavy atom. The zero-order chi connectivity index (χ0) is 8.10. The van der Waals surface area contributed by atoms with Crippen LogP contribution in [0.25, 0.3) is 0 Å². The molecule has 11 heavy (non-hydrogen) atoms. The van der Waals surface area contributed by atoms with Crippen molar-refractivity contribution in [1.82, 2.24) is 0 Å². The standard InChI is InChI=1S/C9H14OS/c1-8(5-6-10)9-4-2-3-7-11-9/h6,9H,1-5,7H2. The average Bonchev–Trinajstić information content (AvgIpc) is 2.07. The topological polar surface area (TPSA) is 17.1 Å².